The summed E-state index contributed by atoms with van der Waals surface area (Å²) in [5.74, 6) is -0.266. The third-order valence-corrected chi connectivity index (χ3v) is 3.07. The standard InChI is InChI=1S/C14H13BrFN/c15-12-7-11(8-13(16)9-12)14(17)6-10-4-2-1-3-5-10/h1-5,7-9,14H,6,17H2. The average molecular weight is 294 g/mol. The minimum Gasteiger partial charge on any atom is -0.324 e. The fourth-order valence-electron chi connectivity index (χ4n) is 1.78. The molecule has 2 aromatic carbocycles. The molecule has 0 fully saturated rings. The van der Waals surface area contributed by atoms with Crippen LogP contribution in [0.3, 0.4) is 0 Å². The molecule has 1 unspecified atom stereocenters. The number of hydrogen-bond acceptors (Lipinski definition) is 1. The summed E-state index contributed by atoms with van der Waals surface area (Å²) in [6.07, 6.45) is 0.705. The van der Waals surface area contributed by atoms with Crippen molar-refractivity contribution in [2.24, 2.45) is 5.73 Å². The van der Waals surface area contributed by atoms with Crippen molar-refractivity contribution >= 4 is 15.9 Å². The molecule has 0 bridgehead atoms. The first-order valence-corrected chi connectivity index (χ1v) is 6.20. The molecule has 0 aromatic heterocycles. The van der Waals surface area contributed by atoms with Crippen LogP contribution >= 0.6 is 15.9 Å². The van der Waals surface area contributed by atoms with E-state index in [9.17, 15) is 4.39 Å². The summed E-state index contributed by atoms with van der Waals surface area (Å²) < 4.78 is 14.0. The molecular weight excluding hydrogens is 281 g/mol. The van der Waals surface area contributed by atoms with Crippen LogP contribution in [-0.2, 0) is 6.42 Å². The molecule has 0 radical (unpaired) electrons. The highest BCUT2D eigenvalue weighted by molar-refractivity contribution is 9.10. The summed E-state index contributed by atoms with van der Waals surface area (Å²) in [7, 11) is 0. The number of benzene rings is 2. The van der Waals surface area contributed by atoms with Crippen molar-refractivity contribution in [2.75, 3.05) is 0 Å². The monoisotopic (exact) mass is 293 g/mol. The van der Waals surface area contributed by atoms with Gasteiger partial charge in [0.25, 0.3) is 0 Å². The van der Waals surface area contributed by atoms with Gasteiger partial charge in [-0.15, -0.1) is 0 Å². The summed E-state index contributed by atoms with van der Waals surface area (Å²) in [6.45, 7) is 0. The van der Waals surface area contributed by atoms with E-state index in [-0.39, 0.29) is 11.9 Å². The van der Waals surface area contributed by atoms with Crippen LogP contribution < -0.4 is 5.73 Å². The molecule has 0 saturated heterocycles. The zero-order chi connectivity index (χ0) is 12.3. The van der Waals surface area contributed by atoms with E-state index in [1.54, 1.807) is 0 Å². The Kier molecular flexibility index (Phi) is 3.92. The van der Waals surface area contributed by atoms with Crippen LogP contribution in [0.4, 0.5) is 4.39 Å². The highest BCUT2D eigenvalue weighted by atomic mass is 79.9. The van der Waals surface area contributed by atoms with Gasteiger partial charge in [0.1, 0.15) is 5.82 Å². The van der Waals surface area contributed by atoms with Gasteiger partial charge in [-0.25, -0.2) is 4.39 Å². The highest BCUT2D eigenvalue weighted by Crippen LogP contribution is 2.21. The van der Waals surface area contributed by atoms with Gasteiger partial charge >= 0.3 is 0 Å². The van der Waals surface area contributed by atoms with E-state index in [0.717, 1.165) is 15.6 Å². The van der Waals surface area contributed by atoms with Gasteiger partial charge in [-0.1, -0.05) is 46.3 Å². The predicted octanol–water partition coefficient (Wildman–Crippen LogP) is 3.83. The lowest BCUT2D eigenvalue weighted by Crippen LogP contribution is -2.13. The smallest absolute Gasteiger partial charge is 0.124 e. The van der Waals surface area contributed by atoms with Gasteiger partial charge in [-0.3, -0.25) is 0 Å². The number of halogens is 2. The SMILES string of the molecule is NC(Cc1ccccc1)c1cc(F)cc(Br)c1. The Bertz CT molecular complexity index is 479. The lowest BCUT2D eigenvalue weighted by Gasteiger charge is -2.12. The van der Waals surface area contributed by atoms with E-state index in [1.165, 1.54) is 12.1 Å². The third-order valence-electron chi connectivity index (χ3n) is 2.61. The van der Waals surface area contributed by atoms with Gasteiger partial charge in [0.05, 0.1) is 0 Å². The average Bonchev–Trinajstić information content (AvgIpc) is 2.29. The van der Waals surface area contributed by atoms with Crippen LogP contribution in [0.15, 0.2) is 53.0 Å². The van der Waals surface area contributed by atoms with Gasteiger partial charge in [0, 0.05) is 10.5 Å². The van der Waals surface area contributed by atoms with E-state index in [2.05, 4.69) is 15.9 Å². The second-order valence-corrected chi connectivity index (χ2v) is 4.91. The van der Waals surface area contributed by atoms with Crippen LogP contribution in [-0.4, -0.2) is 0 Å². The largest absolute Gasteiger partial charge is 0.324 e. The summed E-state index contributed by atoms with van der Waals surface area (Å²) in [5.41, 5.74) is 8.04. The molecule has 0 aliphatic carbocycles. The topological polar surface area (TPSA) is 26.0 Å². The molecule has 2 rings (SSSR count). The Hall–Kier alpha value is -1.19. The first-order chi connectivity index (χ1) is 8.15. The normalized spacial score (nSPS) is 12.4. The minimum absolute atomic E-state index is 0.190. The molecule has 3 heteroatoms. The van der Waals surface area contributed by atoms with Crippen molar-refractivity contribution in [3.63, 3.8) is 0 Å². The molecule has 0 spiro atoms. The minimum atomic E-state index is -0.266. The van der Waals surface area contributed by atoms with Gasteiger partial charge in [-0.05, 0) is 35.7 Å². The fraction of sp³-hybridized carbons (Fsp3) is 0.143. The zero-order valence-electron chi connectivity index (χ0n) is 9.24. The maximum Gasteiger partial charge on any atom is 0.124 e. The molecule has 0 saturated carbocycles. The molecule has 1 atom stereocenters. The Morgan fingerprint density at radius 2 is 1.82 bits per heavy atom. The molecule has 0 heterocycles. The molecule has 0 aliphatic heterocycles. The molecule has 0 aliphatic rings. The van der Waals surface area contributed by atoms with Crippen molar-refractivity contribution in [1.82, 2.24) is 0 Å². The van der Waals surface area contributed by atoms with E-state index >= 15 is 0 Å². The summed E-state index contributed by atoms with van der Waals surface area (Å²) in [5, 5.41) is 0. The number of nitrogens with two attached hydrogens (primary N) is 1. The zero-order valence-corrected chi connectivity index (χ0v) is 10.8. The second-order valence-electron chi connectivity index (χ2n) is 4.00. The van der Waals surface area contributed by atoms with E-state index in [1.807, 2.05) is 36.4 Å². The number of hydrogen-bond donors (Lipinski definition) is 1. The van der Waals surface area contributed by atoms with Crippen LogP contribution in [0.25, 0.3) is 0 Å². The molecule has 2 N–H and O–H groups in total. The van der Waals surface area contributed by atoms with Crippen LogP contribution in [0.5, 0.6) is 0 Å². The Morgan fingerprint density at radius 1 is 1.12 bits per heavy atom. The predicted molar refractivity (Wildman–Crippen MR) is 71.2 cm³/mol. The maximum atomic E-state index is 13.2. The second kappa shape index (κ2) is 5.43. The van der Waals surface area contributed by atoms with Crippen LogP contribution in [0.1, 0.15) is 17.2 Å². The van der Waals surface area contributed by atoms with Crippen molar-refractivity contribution in [3.05, 3.63) is 69.9 Å². The lowest BCUT2D eigenvalue weighted by atomic mass is 10.00. The molecule has 1 nitrogen and oxygen atoms in total. The van der Waals surface area contributed by atoms with Gasteiger partial charge < -0.3 is 5.73 Å². The molecular formula is C14H13BrFN. The molecule has 88 valence electrons. The lowest BCUT2D eigenvalue weighted by molar-refractivity contribution is 0.617. The quantitative estimate of drug-likeness (QED) is 0.914. The molecule has 2 aromatic rings. The summed E-state index contributed by atoms with van der Waals surface area (Å²) in [4.78, 5) is 0. The fourth-order valence-corrected chi connectivity index (χ4v) is 2.26. The van der Waals surface area contributed by atoms with Crippen molar-refractivity contribution in [1.29, 1.82) is 0 Å². The van der Waals surface area contributed by atoms with E-state index < -0.39 is 0 Å². The number of rotatable bonds is 3. The highest BCUT2D eigenvalue weighted by Gasteiger charge is 2.09. The molecule has 0 amide bonds. The Labute approximate surface area is 109 Å². The van der Waals surface area contributed by atoms with Crippen molar-refractivity contribution in [3.8, 4) is 0 Å². The van der Waals surface area contributed by atoms with Crippen molar-refractivity contribution < 1.29 is 4.39 Å². The van der Waals surface area contributed by atoms with Gasteiger partial charge in [0.15, 0.2) is 0 Å². The van der Waals surface area contributed by atoms with E-state index in [4.69, 9.17) is 5.73 Å². The first-order valence-electron chi connectivity index (χ1n) is 5.40. The Morgan fingerprint density at radius 3 is 2.47 bits per heavy atom. The van der Waals surface area contributed by atoms with Gasteiger partial charge in [0.2, 0.25) is 0 Å². The van der Waals surface area contributed by atoms with Crippen LogP contribution in [0, 0.1) is 5.82 Å². The summed E-state index contributed by atoms with van der Waals surface area (Å²) in [6, 6.07) is 14.5. The van der Waals surface area contributed by atoms with E-state index in [0.29, 0.717) is 6.42 Å². The van der Waals surface area contributed by atoms with Crippen LogP contribution in [0.2, 0.25) is 0 Å². The van der Waals surface area contributed by atoms with Crippen molar-refractivity contribution in [2.45, 2.75) is 12.5 Å². The summed E-state index contributed by atoms with van der Waals surface area (Å²) >= 11 is 3.27. The molecule has 17 heavy (non-hydrogen) atoms. The third kappa shape index (κ3) is 3.38. The first kappa shape index (κ1) is 12.3. The maximum absolute atomic E-state index is 13.2. The Balaban J connectivity index is 2.17. The van der Waals surface area contributed by atoms with Gasteiger partial charge in [-0.2, -0.15) is 0 Å².